The van der Waals surface area contributed by atoms with Gasteiger partial charge in [-0.25, -0.2) is 0 Å². The molecule has 3 heteroatoms. The molecule has 0 aliphatic heterocycles. The van der Waals surface area contributed by atoms with Crippen LogP contribution in [-0.2, 0) is 4.79 Å². The van der Waals surface area contributed by atoms with Crippen molar-refractivity contribution in [2.45, 2.75) is 19.4 Å². The van der Waals surface area contributed by atoms with Gasteiger partial charge < -0.3 is 10.4 Å². The third-order valence-corrected chi connectivity index (χ3v) is 2.45. The van der Waals surface area contributed by atoms with Gasteiger partial charge >= 0.3 is 0 Å². The molecule has 0 spiro atoms. The first-order chi connectivity index (χ1) is 8.74. The summed E-state index contributed by atoms with van der Waals surface area (Å²) < 4.78 is 0. The van der Waals surface area contributed by atoms with E-state index in [9.17, 15) is 9.90 Å². The molecule has 0 heterocycles. The van der Waals surface area contributed by atoms with Gasteiger partial charge in [0.1, 0.15) is 0 Å². The van der Waals surface area contributed by atoms with Crippen LogP contribution in [0.3, 0.4) is 0 Å². The number of hydrogen-bond donors (Lipinski definition) is 2. The maximum atomic E-state index is 11.3. The third-order valence-electron chi connectivity index (χ3n) is 2.45. The third kappa shape index (κ3) is 5.46. The van der Waals surface area contributed by atoms with Gasteiger partial charge in [-0.05, 0) is 18.9 Å². The maximum Gasteiger partial charge on any atom is 0.243 e. The van der Waals surface area contributed by atoms with E-state index in [1.807, 2.05) is 43.3 Å². The predicted octanol–water partition coefficient (Wildman–Crippen LogP) is 2.36. The molecule has 0 bridgehead atoms. The summed E-state index contributed by atoms with van der Waals surface area (Å²) in [7, 11) is 0. The molecular weight excluding hydrogens is 226 g/mol. The standard InChI is InChI=1S/C15H19NO2/c1-2-3-5-10-15(18)16-12-11-14(17)13-8-6-4-7-9-13/h2-10,14,17H,11-12H2,1H3,(H,16,18). The monoisotopic (exact) mass is 245 g/mol. The van der Waals surface area contributed by atoms with Crippen molar-refractivity contribution >= 4 is 5.91 Å². The Balaban J connectivity index is 2.28. The minimum atomic E-state index is -0.536. The number of allylic oxidation sites excluding steroid dienone is 3. The van der Waals surface area contributed by atoms with Gasteiger partial charge in [-0.3, -0.25) is 4.79 Å². The van der Waals surface area contributed by atoms with Gasteiger partial charge in [0.05, 0.1) is 6.10 Å². The summed E-state index contributed by atoms with van der Waals surface area (Å²) in [5.41, 5.74) is 0.871. The highest BCUT2D eigenvalue weighted by Crippen LogP contribution is 2.14. The number of aliphatic hydroxyl groups excluding tert-OH is 1. The van der Waals surface area contributed by atoms with Crippen LogP contribution in [0.15, 0.2) is 54.6 Å². The first-order valence-corrected chi connectivity index (χ1v) is 6.04. The van der Waals surface area contributed by atoms with E-state index in [1.54, 1.807) is 12.2 Å². The summed E-state index contributed by atoms with van der Waals surface area (Å²) in [6, 6.07) is 9.43. The quantitative estimate of drug-likeness (QED) is 0.597. The van der Waals surface area contributed by atoms with Crippen LogP contribution in [0.4, 0.5) is 0 Å². The summed E-state index contributed by atoms with van der Waals surface area (Å²) in [6.07, 6.45) is 6.76. The van der Waals surface area contributed by atoms with E-state index in [1.165, 1.54) is 6.08 Å². The van der Waals surface area contributed by atoms with Crippen molar-refractivity contribution < 1.29 is 9.90 Å². The van der Waals surface area contributed by atoms with Gasteiger partial charge in [-0.1, -0.05) is 48.6 Å². The second kappa shape index (κ2) is 8.25. The number of rotatable bonds is 6. The molecule has 1 atom stereocenters. The van der Waals surface area contributed by atoms with E-state index < -0.39 is 6.10 Å². The zero-order chi connectivity index (χ0) is 13.2. The van der Waals surface area contributed by atoms with E-state index in [-0.39, 0.29) is 5.91 Å². The zero-order valence-corrected chi connectivity index (χ0v) is 10.5. The second-order valence-corrected chi connectivity index (χ2v) is 3.89. The zero-order valence-electron chi connectivity index (χ0n) is 10.5. The van der Waals surface area contributed by atoms with Gasteiger partial charge in [0.15, 0.2) is 0 Å². The molecule has 0 radical (unpaired) electrons. The molecule has 1 rings (SSSR count). The Morgan fingerprint density at radius 3 is 2.72 bits per heavy atom. The van der Waals surface area contributed by atoms with Gasteiger partial charge in [0.2, 0.25) is 5.91 Å². The van der Waals surface area contributed by atoms with E-state index in [2.05, 4.69) is 5.32 Å². The molecule has 1 amide bonds. The Labute approximate surface area is 108 Å². The van der Waals surface area contributed by atoms with E-state index in [0.29, 0.717) is 13.0 Å². The lowest BCUT2D eigenvalue weighted by Gasteiger charge is -2.10. The Hall–Kier alpha value is -1.87. The van der Waals surface area contributed by atoms with Crippen molar-refractivity contribution in [2.24, 2.45) is 0 Å². The normalized spacial score (nSPS) is 13.0. The molecule has 1 aromatic rings. The van der Waals surface area contributed by atoms with Gasteiger partial charge in [0.25, 0.3) is 0 Å². The van der Waals surface area contributed by atoms with Crippen LogP contribution in [0.2, 0.25) is 0 Å². The highest BCUT2D eigenvalue weighted by molar-refractivity contribution is 5.87. The lowest BCUT2D eigenvalue weighted by Crippen LogP contribution is -2.23. The van der Waals surface area contributed by atoms with Crippen LogP contribution in [0.1, 0.15) is 25.0 Å². The van der Waals surface area contributed by atoms with E-state index >= 15 is 0 Å². The SMILES string of the molecule is CC=CC=CC(=O)NCCC(O)c1ccccc1. The van der Waals surface area contributed by atoms with Crippen molar-refractivity contribution in [3.63, 3.8) is 0 Å². The number of benzene rings is 1. The fourth-order valence-corrected chi connectivity index (χ4v) is 1.49. The van der Waals surface area contributed by atoms with Crippen LogP contribution in [0.5, 0.6) is 0 Å². The molecule has 2 N–H and O–H groups in total. The Morgan fingerprint density at radius 2 is 2.06 bits per heavy atom. The molecule has 0 saturated carbocycles. The summed E-state index contributed by atoms with van der Waals surface area (Å²) in [6.45, 7) is 2.34. The van der Waals surface area contributed by atoms with Crippen LogP contribution >= 0.6 is 0 Å². The number of carbonyl (C=O) groups excluding carboxylic acids is 1. The van der Waals surface area contributed by atoms with Crippen LogP contribution < -0.4 is 5.32 Å². The topological polar surface area (TPSA) is 49.3 Å². The van der Waals surface area contributed by atoms with Gasteiger partial charge in [-0.15, -0.1) is 0 Å². The highest BCUT2D eigenvalue weighted by atomic mass is 16.3. The van der Waals surface area contributed by atoms with E-state index in [0.717, 1.165) is 5.56 Å². The van der Waals surface area contributed by atoms with E-state index in [4.69, 9.17) is 0 Å². The van der Waals surface area contributed by atoms with Crippen molar-refractivity contribution in [3.8, 4) is 0 Å². The second-order valence-electron chi connectivity index (χ2n) is 3.89. The number of amides is 1. The lowest BCUT2D eigenvalue weighted by molar-refractivity contribution is -0.116. The number of hydrogen-bond acceptors (Lipinski definition) is 2. The smallest absolute Gasteiger partial charge is 0.243 e. The van der Waals surface area contributed by atoms with Crippen molar-refractivity contribution in [2.75, 3.05) is 6.54 Å². The maximum absolute atomic E-state index is 11.3. The summed E-state index contributed by atoms with van der Waals surface area (Å²) in [5, 5.41) is 12.6. The Bertz CT molecular complexity index is 410. The molecule has 1 unspecified atom stereocenters. The molecule has 18 heavy (non-hydrogen) atoms. The predicted molar refractivity (Wildman–Crippen MR) is 73.0 cm³/mol. The van der Waals surface area contributed by atoms with Gasteiger partial charge in [0, 0.05) is 12.6 Å². The van der Waals surface area contributed by atoms with Gasteiger partial charge in [-0.2, -0.15) is 0 Å². The van der Waals surface area contributed by atoms with Crippen molar-refractivity contribution in [1.29, 1.82) is 0 Å². The van der Waals surface area contributed by atoms with Crippen LogP contribution in [-0.4, -0.2) is 17.6 Å². The average molecular weight is 245 g/mol. The minimum absolute atomic E-state index is 0.145. The largest absolute Gasteiger partial charge is 0.388 e. The first kappa shape index (κ1) is 14.2. The molecule has 0 saturated heterocycles. The number of aliphatic hydroxyl groups is 1. The molecule has 1 aromatic carbocycles. The molecule has 0 fully saturated rings. The van der Waals surface area contributed by atoms with Crippen molar-refractivity contribution in [3.05, 3.63) is 60.2 Å². The minimum Gasteiger partial charge on any atom is -0.388 e. The Kier molecular flexibility index (Phi) is 6.51. The molecular formula is C15H19NO2. The fourth-order valence-electron chi connectivity index (χ4n) is 1.49. The fraction of sp³-hybridized carbons (Fsp3) is 0.267. The molecule has 96 valence electrons. The molecule has 0 aliphatic carbocycles. The van der Waals surface area contributed by atoms with Crippen molar-refractivity contribution in [1.82, 2.24) is 5.32 Å². The highest BCUT2D eigenvalue weighted by Gasteiger charge is 2.06. The lowest BCUT2D eigenvalue weighted by atomic mass is 10.1. The van der Waals surface area contributed by atoms with Crippen LogP contribution in [0, 0.1) is 0 Å². The molecule has 3 nitrogen and oxygen atoms in total. The first-order valence-electron chi connectivity index (χ1n) is 6.04. The summed E-state index contributed by atoms with van der Waals surface area (Å²) in [5.74, 6) is -0.145. The molecule has 0 aromatic heterocycles. The Morgan fingerprint density at radius 1 is 1.33 bits per heavy atom. The average Bonchev–Trinajstić information content (AvgIpc) is 2.40. The molecule has 0 aliphatic rings. The number of nitrogens with one attached hydrogen (secondary N) is 1. The van der Waals surface area contributed by atoms with Crippen LogP contribution in [0.25, 0.3) is 0 Å². The summed E-state index contributed by atoms with van der Waals surface area (Å²) in [4.78, 5) is 11.3. The summed E-state index contributed by atoms with van der Waals surface area (Å²) >= 11 is 0. The number of carbonyl (C=O) groups is 1.